The fourth-order valence-corrected chi connectivity index (χ4v) is 4.43. The first kappa shape index (κ1) is 24.3. The van der Waals surface area contributed by atoms with Crippen LogP contribution in [0.1, 0.15) is 36.1 Å². The molecule has 0 bridgehead atoms. The molecule has 10 heteroatoms. The van der Waals surface area contributed by atoms with Crippen molar-refractivity contribution in [2.24, 2.45) is 5.10 Å². The monoisotopic (exact) mass is 537 g/mol. The van der Waals surface area contributed by atoms with E-state index in [1.807, 2.05) is 43.5 Å². The maximum Gasteiger partial charge on any atom is 0.282 e. The molecule has 0 aliphatic carbocycles. The van der Waals surface area contributed by atoms with E-state index in [-0.39, 0.29) is 11.2 Å². The lowest BCUT2D eigenvalue weighted by Gasteiger charge is -2.13. The summed E-state index contributed by atoms with van der Waals surface area (Å²) in [7, 11) is 1.48. The fraction of sp³-hybridized carbons (Fsp3) is 0.240. The standard InChI is InChI=1S/C25H24BrN5O4/c1-5-6-24-28-21-9-7-18(26)12-20(21)25(32)30(24)27-14-17-11-15(2)29(16(17)3)22-10-8-19(31(33)34)13-23(22)35-4/h7-14H,5-6H2,1-4H3. The smallest absolute Gasteiger partial charge is 0.282 e. The number of benzene rings is 2. The average molecular weight is 538 g/mol. The highest BCUT2D eigenvalue weighted by molar-refractivity contribution is 9.10. The molecule has 4 aromatic rings. The molecule has 0 unspecified atom stereocenters. The molecule has 180 valence electrons. The van der Waals surface area contributed by atoms with Crippen LogP contribution in [0.4, 0.5) is 5.69 Å². The zero-order valence-electron chi connectivity index (χ0n) is 19.8. The summed E-state index contributed by atoms with van der Waals surface area (Å²) < 4.78 is 9.52. The Kier molecular flexibility index (Phi) is 6.83. The number of non-ortho nitro benzene ring substituents is 1. The Balaban J connectivity index is 1.81. The van der Waals surface area contributed by atoms with Gasteiger partial charge in [-0.2, -0.15) is 9.78 Å². The molecule has 0 atom stereocenters. The number of aryl methyl sites for hydroxylation is 2. The average Bonchev–Trinajstić information content (AvgIpc) is 3.11. The SMILES string of the molecule is CCCc1nc2ccc(Br)cc2c(=O)n1N=Cc1cc(C)n(-c2ccc([N+](=O)[O-])cc2OC)c1C. The van der Waals surface area contributed by atoms with E-state index >= 15 is 0 Å². The minimum Gasteiger partial charge on any atom is -0.494 e. The van der Waals surface area contributed by atoms with Gasteiger partial charge in [-0.05, 0) is 50.6 Å². The van der Waals surface area contributed by atoms with Gasteiger partial charge in [-0.3, -0.25) is 14.9 Å². The highest BCUT2D eigenvalue weighted by Gasteiger charge is 2.17. The van der Waals surface area contributed by atoms with Crippen LogP contribution in [0.15, 0.2) is 56.8 Å². The first-order valence-electron chi connectivity index (χ1n) is 11.0. The molecule has 0 radical (unpaired) electrons. The molecule has 0 N–H and O–H groups in total. The van der Waals surface area contributed by atoms with Crippen molar-refractivity contribution in [3.05, 3.63) is 90.2 Å². The largest absolute Gasteiger partial charge is 0.494 e. The van der Waals surface area contributed by atoms with Crippen LogP contribution in [-0.2, 0) is 6.42 Å². The van der Waals surface area contributed by atoms with Crippen molar-refractivity contribution in [2.75, 3.05) is 7.11 Å². The molecule has 2 aromatic carbocycles. The predicted molar refractivity (Wildman–Crippen MR) is 139 cm³/mol. The number of fused-ring (bicyclic) bond motifs is 1. The number of rotatable bonds is 7. The van der Waals surface area contributed by atoms with E-state index in [9.17, 15) is 14.9 Å². The lowest BCUT2D eigenvalue weighted by atomic mass is 10.2. The van der Waals surface area contributed by atoms with Crippen LogP contribution >= 0.6 is 15.9 Å². The second-order valence-corrected chi connectivity index (χ2v) is 8.99. The van der Waals surface area contributed by atoms with E-state index in [1.54, 1.807) is 18.3 Å². The summed E-state index contributed by atoms with van der Waals surface area (Å²) in [6, 6.07) is 11.9. The molecule has 9 nitrogen and oxygen atoms in total. The number of nitro benzene ring substituents is 1. The Morgan fingerprint density at radius 1 is 1.20 bits per heavy atom. The first-order valence-corrected chi connectivity index (χ1v) is 11.8. The third kappa shape index (κ3) is 4.61. The van der Waals surface area contributed by atoms with Gasteiger partial charge in [0.1, 0.15) is 11.6 Å². The molecule has 2 aromatic heterocycles. The maximum absolute atomic E-state index is 13.3. The Morgan fingerprint density at radius 3 is 2.66 bits per heavy atom. The van der Waals surface area contributed by atoms with Crippen molar-refractivity contribution in [3.8, 4) is 11.4 Å². The summed E-state index contributed by atoms with van der Waals surface area (Å²) in [5.41, 5.74) is 3.56. The van der Waals surface area contributed by atoms with Gasteiger partial charge in [0.15, 0.2) is 0 Å². The van der Waals surface area contributed by atoms with Crippen molar-refractivity contribution < 1.29 is 9.66 Å². The summed E-state index contributed by atoms with van der Waals surface area (Å²) in [6.07, 6.45) is 3.07. The topological polar surface area (TPSA) is 105 Å². The molecule has 0 aliphatic rings. The van der Waals surface area contributed by atoms with Gasteiger partial charge in [0, 0.05) is 33.9 Å². The highest BCUT2D eigenvalue weighted by atomic mass is 79.9. The zero-order chi connectivity index (χ0) is 25.3. The predicted octanol–water partition coefficient (Wildman–Crippen LogP) is 5.32. The highest BCUT2D eigenvalue weighted by Crippen LogP contribution is 2.31. The van der Waals surface area contributed by atoms with Gasteiger partial charge in [-0.1, -0.05) is 22.9 Å². The molecule has 4 rings (SSSR count). The van der Waals surface area contributed by atoms with Crippen molar-refractivity contribution >= 4 is 38.7 Å². The van der Waals surface area contributed by atoms with Crippen LogP contribution in [-0.4, -0.2) is 32.5 Å². The molecule has 0 saturated heterocycles. The Labute approximate surface area is 210 Å². The Hall–Kier alpha value is -3.79. The van der Waals surface area contributed by atoms with E-state index in [0.29, 0.717) is 34.6 Å². The van der Waals surface area contributed by atoms with Gasteiger partial charge in [0.2, 0.25) is 0 Å². The van der Waals surface area contributed by atoms with Crippen LogP contribution in [0.2, 0.25) is 0 Å². The third-order valence-electron chi connectivity index (χ3n) is 5.75. The van der Waals surface area contributed by atoms with Crippen LogP contribution in [0.5, 0.6) is 5.75 Å². The van der Waals surface area contributed by atoms with Crippen molar-refractivity contribution in [1.82, 2.24) is 14.2 Å². The van der Waals surface area contributed by atoms with Crippen molar-refractivity contribution in [1.29, 1.82) is 0 Å². The molecule has 0 aliphatic heterocycles. The van der Waals surface area contributed by atoms with Crippen LogP contribution in [0.25, 0.3) is 16.6 Å². The Bertz CT molecular complexity index is 1540. The van der Waals surface area contributed by atoms with E-state index in [2.05, 4.69) is 26.0 Å². The van der Waals surface area contributed by atoms with Gasteiger partial charge >= 0.3 is 0 Å². The van der Waals surface area contributed by atoms with E-state index in [1.165, 1.54) is 23.9 Å². The number of nitro groups is 1. The lowest BCUT2D eigenvalue weighted by molar-refractivity contribution is -0.384. The van der Waals surface area contributed by atoms with Crippen LogP contribution in [0.3, 0.4) is 0 Å². The number of nitrogens with zero attached hydrogens (tertiary/aromatic N) is 5. The minimum atomic E-state index is -0.457. The normalized spacial score (nSPS) is 11.5. The minimum absolute atomic E-state index is 0.0480. The van der Waals surface area contributed by atoms with Crippen LogP contribution < -0.4 is 10.3 Å². The van der Waals surface area contributed by atoms with Crippen molar-refractivity contribution in [2.45, 2.75) is 33.6 Å². The second-order valence-electron chi connectivity index (χ2n) is 8.08. The van der Waals surface area contributed by atoms with Gasteiger partial charge in [0.25, 0.3) is 11.2 Å². The van der Waals surface area contributed by atoms with Crippen LogP contribution in [0, 0.1) is 24.0 Å². The quantitative estimate of drug-likeness (QED) is 0.180. The van der Waals surface area contributed by atoms with Crippen molar-refractivity contribution in [3.63, 3.8) is 0 Å². The lowest BCUT2D eigenvalue weighted by Crippen LogP contribution is -2.22. The molecule has 0 fully saturated rings. The van der Waals surface area contributed by atoms with Gasteiger partial charge in [-0.15, -0.1) is 0 Å². The molecule has 0 saturated carbocycles. The second kappa shape index (κ2) is 9.83. The number of ether oxygens (including phenoxy) is 1. The number of methoxy groups -OCH3 is 1. The fourth-order valence-electron chi connectivity index (χ4n) is 4.07. The Morgan fingerprint density at radius 2 is 1.97 bits per heavy atom. The van der Waals surface area contributed by atoms with E-state index in [4.69, 9.17) is 4.74 Å². The summed E-state index contributed by atoms with van der Waals surface area (Å²) in [4.78, 5) is 28.6. The molecular weight excluding hydrogens is 514 g/mol. The number of hydrogen-bond acceptors (Lipinski definition) is 6. The summed E-state index contributed by atoms with van der Waals surface area (Å²) in [5.74, 6) is 0.977. The van der Waals surface area contributed by atoms with Gasteiger partial charge in [0.05, 0.1) is 40.9 Å². The molecule has 2 heterocycles. The van der Waals surface area contributed by atoms with E-state index in [0.717, 1.165) is 27.8 Å². The maximum atomic E-state index is 13.3. The summed E-state index contributed by atoms with van der Waals surface area (Å²) in [5, 5.41) is 16.2. The zero-order valence-corrected chi connectivity index (χ0v) is 21.4. The third-order valence-corrected chi connectivity index (χ3v) is 6.24. The number of aromatic nitrogens is 3. The summed E-state index contributed by atoms with van der Waals surface area (Å²) >= 11 is 3.42. The summed E-state index contributed by atoms with van der Waals surface area (Å²) in [6.45, 7) is 5.87. The number of halogens is 1. The van der Waals surface area contributed by atoms with Gasteiger partial charge < -0.3 is 9.30 Å². The molecule has 35 heavy (non-hydrogen) atoms. The number of hydrogen-bond donors (Lipinski definition) is 0. The van der Waals surface area contributed by atoms with Gasteiger partial charge in [-0.25, -0.2) is 4.98 Å². The molecular formula is C25H24BrN5O4. The van der Waals surface area contributed by atoms with E-state index < -0.39 is 4.92 Å². The first-order chi connectivity index (χ1) is 16.7. The molecule has 0 spiro atoms. The molecule has 0 amide bonds.